The molecule has 0 spiro atoms. The lowest BCUT2D eigenvalue weighted by molar-refractivity contribution is 0.226. The number of benzene rings is 1. The Bertz CT molecular complexity index is 891. The minimum atomic E-state index is -4.09. The normalized spacial score (nSPS) is 29.0. The average Bonchev–Trinajstić information content (AvgIpc) is 2.76. The van der Waals surface area contributed by atoms with Gasteiger partial charge in [0, 0.05) is 11.3 Å². The van der Waals surface area contributed by atoms with Gasteiger partial charge in [-0.05, 0) is 30.4 Å². The Morgan fingerprint density at radius 1 is 1.23 bits per heavy atom. The lowest BCUT2D eigenvalue weighted by Crippen LogP contribution is -2.41. The fraction of sp³-hybridized carbons (Fsp3) is 0.500. The van der Waals surface area contributed by atoms with E-state index in [1.54, 1.807) is 0 Å². The molecule has 116 valence electrons. The Kier molecular flexibility index (Phi) is 2.60. The highest BCUT2D eigenvalue weighted by atomic mass is 32.2. The zero-order valence-corrected chi connectivity index (χ0v) is 13.4. The highest BCUT2D eigenvalue weighted by Gasteiger charge is 2.65. The Morgan fingerprint density at radius 3 is 2.50 bits per heavy atom. The summed E-state index contributed by atoms with van der Waals surface area (Å²) in [6.45, 7) is 4.15. The molecule has 1 N–H and O–H groups in total. The summed E-state index contributed by atoms with van der Waals surface area (Å²) in [7, 11) is -4.09. The zero-order valence-electron chi connectivity index (χ0n) is 12.6. The fourth-order valence-electron chi connectivity index (χ4n) is 4.56. The van der Waals surface area contributed by atoms with Crippen molar-refractivity contribution >= 4 is 21.2 Å². The van der Waals surface area contributed by atoms with Crippen LogP contribution in [0.25, 0.3) is 11.0 Å². The molecule has 0 amide bonds. The molecule has 2 unspecified atom stereocenters. The van der Waals surface area contributed by atoms with Crippen molar-refractivity contribution in [1.82, 2.24) is 9.97 Å². The smallest absolute Gasteiger partial charge is 0.265 e. The topological polar surface area (TPSA) is 80.2 Å². The Morgan fingerprint density at radius 2 is 1.86 bits per heavy atom. The maximum Gasteiger partial charge on any atom is 0.265 e. The van der Waals surface area contributed by atoms with Gasteiger partial charge in [-0.15, -0.1) is 0 Å². The van der Waals surface area contributed by atoms with E-state index < -0.39 is 15.5 Å². The van der Waals surface area contributed by atoms with Crippen LogP contribution in [0.15, 0.2) is 24.3 Å². The molecule has 0 aliphatic heterocycles. The van der Waals surface area contributed by atoms with Crippen molar-refractivity contribution in [3.8, 4) is 0 Å². The quantitative estimate of drug-likeness (QED) is 0.861. The molecule has 1 aromatic heterocycles. The Balaban J connectivity index is 2.02. The molecular weight excluding hydrogens is 300 g/mol. The van der Waals surface area contributed by atoms with E-state index in [2.05, 4.69) is 13.8 Å². The summed E-state index contributed by atoms with van der Waals surface area (Å²) in [5, 5.41) is 0. The standard InChI is InChI=1S/C16H18N2O3S/c1-15(2)10-7-8-16(15,9-22(19,20)21)14-13(10)17-11-5-3-4-6-12(11)18-14/h3-6,10H,7-9H2,1-2H3,(H,19,20,21). The molecule has 2 aliphatic rings. The van der Waals surface area contributed by atoms with Crippen LogP contribution < -0.4 is 0 Å². The molecule has 1 fully saturated rings. The highest BCUT2D eigenvalue weighted by Crippen LogP contribution is 2.67. The average molecular weight is 318 g/mol. The van der Waals surface area contributed by atoms with Crippen LogP contribution in [-0.4, -0.2) is 28.7 Å². The maximum atomic E-state index is 11.6. The van der Waals surface area contributed by atoms with Crippen LogP contribution in [0.4, 0.5) is 0 Å². The van der Waals surface area contributed by atoms with E-state index in [9.17, 15) is 13.0 Å². The minimum Gasteiger partial charge on any atom is -0.286 e. The molecular formula is C16H18N2O3S. The third-order valence-electron chi connectivity index (χ3n) is 5.77. The molecule has 1 aromatic carbocycles. The number of hydrogen-bond acceptors (Lipinski definition) is 4. The lowest BCUT2D eigenvalue weighted by atomic mass is 9.70. The fourth-order valence-corrected chi connectivity index (χ4v) is 5.83. The van der Waals surface area contributed by atoms with Gasteiger partial charge in [0.1, 0.15) is 0 Å². The van der Waals surface area contributed by atoms with Gasteiger partial charge in [0.2, 0.25) is 0 Å². The van der Waals surface area contributed by atoms with E-state index in [1.807, 2.05) is 24.3 Å². The first-order valence-electron chi connectivity index (χ1n) is 7.47. The van der Waals surface area contributed by atoms with Gasteiger partial charge in [-0.1, -0.05) is 26.0 Å². The van der Waals surface area contributed by atoms with Crippen LogP contribution in [0.2, 0.25) is 0 Å². The second-order valence-corrected chi connectivity index (χ2v) is 8.52. The lowest BCUT2D eigenvalue weighted by Gasteiger charge is -2.36. The van der Waals surface area contributed by atoms with Crippen molar-refractivity contribution in [2.45, 2.75) is 38.0 Å². The Hall–Kier alpha value is -1.53. The molecule has 1 heterocycles. The minimum absolute atomic E-state index is 0.196. The molecule has 1 saturated carbocycles. The van der Waals surface area contributed by atoms with Crippen LogP contribution in [-0.2, 0) is 15.5 Å². The largest absolute Gasteiger partial charge is 0.286 e. The molecule has 4 rings (SSSR count). The second-order valence-electron chi connectivity index (χ2n) is 7.07. The number of para-hydroxylation sites is 2. The van der Waals surface area contributed by atoms with Crippen LogP contribution in [0.3, 0.4) is 0 Å². The molecule has 0 radical (unpaired) electrons. The van der Waals surface area contributed by atoms with Gasteiger partial charge in [-0.25, -0.2) is 9.97 Å². The zero-order chi connectivity index (χ0) is 15.8. The van der Waals surface area contributed by atoms with Crippen molar-refractivity contribution < 1.29 is 13.0 Å². The first-order chi connectivity index (χ1) is 10.2. The molecule has 6 heteroatoms. The third kappa shape index (κ3) is 1.65. The molecule has 2 aliphatic carbocycles. The van der Waals surface area contributed by atoms with E-state index in [0.717, 1.165) is 35.3 Å². The number of hydrogen-bond donors (Lipinski definition) is 1. The number of fused-ring (bicyclic) bond motifs is 6. The highest BCUT2D eigenvalue weighted by molar-refractivity contribution is 7.85. The molecule has 2 bridgehead atoms. The van der Waals surface area contributed by atoms with Crippen molar-refractivity contribution in [2.75, 3.05) is 5.75 Å². The maximum absolute atomic E-state index is 11.6. The van der Waals surface area contributed by atoms with Gasteiger partial charge in [-0.2, -0.15) is 8.42 Å². The first-order valence-corrected chi connectivity index (χ1v) is 9.08. The van der Waals surface area contributed by atoms with E-state index in [4.69, 9.17) is 9.97 Å². The number of nitrogens with zero attached hydrogens (tertiary/aromatic N) is 2. The van der Waals surface area contributed by atoms with Gasteiger partial charge >= 0.3 is 0 Å². The van der Waals surface area contributed by atoms with Crippen molar-refractivity contribution in [3.05, 3.63) is 35.7 Å². The number of rotatable bonds is 2. The first kappa shape index (κ1) is 14.1. The summed E-state index contributed by atoms with van der Waals surface area (Å²) in [5.74, 6) is -0.0786. The molecule has 0 saturated heterocycles. The summed E-state index contributed by atoms with van der Waals surface area (Å²) < 4.78 is 32.8. The van der Waals surface area contributed by atoms with Crippen LogP contribution >= 0.6 is 0 Å². The van der Waals surface area contributed by atoms with Gasteiger partial charge in [0.15, 0.2) is 0 Å². The van der Waals surface area contributed by atoms with E-state index in [1.165, 1.54) is 0 Å². The SMILES string of the molecule is CC1(C)C2CCC1(CS(=O)(=O)O)c1nc3ccccc3nc12. The van der Waals surface area contributed by atoms with Crippen molar-refractivity contribution in [3.63, 3.8) is 0 Å². The van der Waals surface area contributed by atoms with Gasteiger partial charge in [0.25, 0.3) is 10.1 Å². The monoisotopic (exact) mass is 318 g/mol. The molecule has 22 heavy (non-hydrogen) atoms. The van der Waals surface area contributed by atoms with E-state index in [0.29, 0.717) is 0 Å². The predicted octanol–water partition coefficient (Wildman–Crippen LogP) is 2.67. The second kappa shape index (κ2) is 4.06. The van der Waals surface area contributed by atoms with Gasteiger partial charge < -0.3 is 0 Å². The summed E-state index contributed by atoms with van der Waals surface area (Å²) in [6, 6.07) is 7.65. The van der Waals surface area contributed by atoms with E-state index >= 15 is 0 Å². The molecule has 5 nitrogen and oxygen atoms in total. The van der Waals surface area contributed by atoms with Crippen LogP contribution in [0.5, 0.6) is 0 Å². The summed E-state index contributed by atoms with van der Waals surface area (Å²) in [4.78, 5) is 9.52. The summed E-state index contributed by atoms with van der Waals surface area (Å²) in [6.07, 6.45) is 1.62. The third-order valence-corrected chi connectivity index (χ3v) is 6.63. The van der Waals surface area contributed by atoms with Crippen molar-refractivity contribution in [2.24, 2.45) is 5.41 Å². The summed E-state index contributed by atoms with van der Waals surface area (Å²) >= 11 is 0. The van der Waals surface area contributed by atoms with Crippen LogP contribution in [0, 0.1) is 5.41 Å². The van der Waals surface area contributed by atoms with Crippen LogP contribution in [0.1, 0.15) is 44.0 Å². The molecule has 2 aromatic rings. The van der Waals surface area contributed by atoms with Gasteiger partial charge in [-0.3, -0.25) is 4.55 Å². The Labute approximate surface area is 129 Å². The van der Waals surface area contributed by atoms with Gasteiger partial charge in [0.05, 0.1) is 28.2 Å². The predicted molar refractivity (Wildman–Crippen MR) is 83.4 cm³/mol. The summed E-state index contributed by atoms with van der Waals surface area (Å²) in [5.41, 5.74) is 2.38. The van der Waals surface area contributed by atoms with Crippen molar-refractivity contribution in [1.29, 1.82) is 0 Å². The molecule has 2 atom stereocenters. The van der Waals surface area contributed by atoms with E-state index in [-0.39, 0.29) is 17.1 Å². The number of aromatic nitrogens is 2.